The van der Waals surface area contributed by atoms with Crippen molar-refractivity contribution in [1.82, 2.24) is 14.9 Å². The molecule has 176 valence electrons. The number of carbonyl (C=O) groups excluding carboxylic acids is 2. The Bertz CT molecular complexity index is 1160. The van der Waals surface area contributed by atoms with Crippen LogP contribution in [0.4, 0.5) is 0 Å². The van der Waals surface area contributed by atoms with Gasteiger partial charge in [-0.1, -0.05) is 20.8 Å². The standard InChI is InChI=1S/C27H35N3O3/c1-7-33-23(31)18-8-12-30(13-9-18)24(32)27-11-10-26(6,25(27,4)5)21-22(27)29-20-15-17(3)16(2)14-19(20)28-21/h14-15,18H,7-13H2,1-6H3. The first-order chi connectivity index (χ1) is 15.6. The third kappa shape index (κ3) is 2.79. The Labute approximate surface area is 196 Å². The molecule has 3 aliphatic rings. The monoisotopic (exact) mass is 449 g/mol. The van der Waals surface area contributed by atoms with E-state index in [0.717, 1.165) is 35.3 Å². The summed E-state index contributed by atoms with van der Waals surface area (Å²) >= 11 is 0. The first kappa shape index (κ1) is 22.3. The molecular weight excluding hydrogens is 414 g/mol. The molecule has 2 unspecified atom stereocenters. The molecule has 2 aromatic rings. The Hall–Kier alpha value is -2.50. The number of fused-ring (bicyclic) bond motifs is 6. The molecule has 0 N–H and O–H groups in total. The van der Waals surface area contributed by atoms with Crippen LogP contribution in [0.25, 0.3) is 11.0 Å². The van der Waals surface area contributed by atoms with Gasteiger partial charge in [-0.25, -0.2) is 9.97 Å². The molecule has 1 aromatic carbocycles. The maximum atomic E-state index is 14.3. The van der Waals surface area contributed by atoms with Crippen molar-refractivity contribution in [3.8, 4) is 0 Å². The number of hydrogen-bond acceptors (Lipinski definition) is 5. The SMILES string of the molecule is CCOC(=O)C1CCN(C(=O)C23CCC(C)(c4nc5cc(C)c(C)cc5nc42)C3(C)C)CC1. The van der Waals surface area contributed by atoms with Gasteiger partial charge in [-0.2, -0.15) is 0 Å². The lowest BCUT2D eigenvalue weighted by molar-refractivity contribution is -0.153. The minimum absolute atomic E-state index is 0.112. The van der Waals surface area contributed by atoms with Gasteiger partial charge in [0.25, 0.3) is 0 Å². The highest BCUT2D eigenvalue weighted by Crippen LogP contribution is 2.70. The number of aryl methyl sites for hydroxylation is 2. The van der Waals surface area contributed by atoms with Crippen molar-refractivity contribution in [2.45, 2.75) is 78.1 Å². The highest BCUT2D eigenvalue weighted by Gasteiger charge is 2.73. The van der Waals surface area contributed by atoms with Crippen molar-refractivity contribution in [1.29, 1.82) is 0 Å². The molecule has 2 atom stereocenters. The van der Waals surface area contributed by atoms with Crippen LogP contribution in [0, 0.1) is 25.2 Å². The molecule has 5 rings (SSSR count). The van der Waals surface area contributed by atoms with E-state index in [-0.39, 0.29) is 28.6 Å². The van der Waals surface area contributed by atoms with Crippen molar-refractivity contribution in [2.75, 3.05) is 19.7 Å². The largest absolute Gasteiger partial charge is 0.466 e. The average molecular weight is 450 g/mol. The lowest BCUT2D eigenvalue weighted by Crippen LogP contribution is -2.54. The molecule has 1 aliphatic heterocycles. The van der Waals surface area contributed by atoms with Crippen LogP contribution in [0.15, 0.2) is 12.1 Å². The van der Waals surface area contributed by atoms with E-state index in [1.807, 2.05) is 11.8 Å². The molecule has 2 fully saturated rings. The number of ether oxygens (including phenoxy) is 1. The first-order valence-electron chi connectivity index (χ1n) is 12.3. The molecule has 1 amide bonds. The second-order valence-electron chi connectivity index (χ2n) is 11.0. The van der Waals surface area contributed by atoms with Gasteiger partial charge in [0, 0.05) is 18.5 Å². The van der Waals surface area contributed by atoms with Crippen LogP contribution in [0.2, 0.25) is 0 Å². The molecule has 33 heavy (non-hydrogen) atoms. The third-order valence-electron chi connectivity index (χ3n) is 9.42. The van der Waals surface area contributed by atoms with Gasteiger partial charge in [-0.15, -0.1) is 0 Å². The Morgan fingerprint density at radius 1 is 1.00 bits per heavy atom. The zero-order valence-corrected chi connectivity index (χ0v) is 20.7. The van der Waals surface area contributed by atoms with Crippen molar-refractivity contribution < 1.29 is 14.3 Å². The number of aromatic nitrogens is 2. The number of benzene rings is 1. The molecule has 2 aliphatic carbocycles. The number of amides is 1. The van der Waals surface area contributed by atoms with Crippen molar-refractivity contribution >= 4 is 22.9 Å². The molecule has 6 heteroatoms. The summed E-state index contributed by atoms with van der Waals surface area (Å²) in [6.07, 6.45) is 3.05. The molecule has 2 heterocycles. The second-order valence-corrected chi connectivity index (χ2v) is 11.0. The van der Waals surface area contributed by atoms with Gasteiger partial charge >= 0.3 is 5.97 Å². The Kier molecular flexibility index (Phi) is 4.90. The average Bonchev–Trinajstić information content (AvgIpc) is 3.08. The van der Waals surface area contributed by atoms with Crippen molar-refractivity contribution in [2.24, 2.45) is 11.3 Å². The van der Waals surface area contributed by atoms with Gasteiger partial charge in [0.15, 0.2) is 0 Å². The summed E-state index contributed by atoms with van der Waals surface area (Å²) in [7, 11) is 0. The Morgan fingerprint density at radius 3 is 2.15 bits per heavy atom. The lowest BCUT2D eigenvalue weighted by Gasteiger charge is -2.43. The maximum absolute atomic E-state index is 14.3. The topological polar surface area (TPSA) is 72.4 Å². The number of rotatable bonds is 3. The fourth-order valence-corrected chi connectivity index (χ4v) is 6.68. The number of carbonyl (C=O) groups is 2. The van der Waals surface area contributed by atoms with Gasteiger partial charge < -0.3 is 9.64 Å². The highest BCUT2D eigenvalue weighted by molar-refractivity contribution is 5.93. The second kappa shape index (κ2) is 7.25. The lowest BCUT2D eigenvalue weighted by atomic mass is 9.63. The molecule has 1 saturated heterocycles. The van der Waals surface area contributed by atoms with Gasteiger partial charge in [0.1, 0.15) is 0 Å². The normalized spacial score (nSPS) is 28.2. The Morgan fingerprint density at radius 2 is 1.58 bits per heavy atom. The van der Waals surface area contributed by atoms with E-state index in [1.54, 1.807) is 0 Å². The number of piperidine rings is 1. The summed E-state index contributed by atoms with van der Waals surface area (Å²) in [5.74, 6) is -0.0836. The van der Waals surface area contributed by atoms with Crippen LogP contribution in [0.1, 0.15) is 75.9 Å². The summed E-state index contributed by atoms with van der Waals surface area (Å²) in [4.78, 5) is 38.8. The molecule has 0 radical (unpaired) electrons. The predicted octanol–water partition coefficient (Wildman–Crippen LogP) is 4.38. The Balaban J connectivity index is 1.55. The minimum Gasteiger partial charge on any atom is -0.466 e. The molecule has 6 nitrogen and oxygen atoms in total. The summed E-state index contributed by atoms with van der Waals surface area (Å²) < 4.78 is 5.22. The summed E-state index contributed by atoms with van der Waals surface area (Å²) in [6, 6.07) is 4.22. The smallest absolute Gasteiger partial charge is 0.309 e. The van der Waals surface area contributed by atoms with E-state index in [4.69, 9.17) is 14.7 Å². The van der Waals surface area contributed by atoms with E-state index in [0.29, 0.717) is 32.5 Å². The van der Waals surface area contributed by atoms with Gasteiger partial charge in [0.2, 0.25) is 5.91 Å². The van der Waals surface area contributed by atoms with E-state index in [2.05, 4.69) is 46.8 Å². The van der Waals surface area contributed by atoms with Gasteiger partial charge in [-0.05, 0) is 75.1 Å². The third-order valence-corrected chi connectivity index (χ3v) is 9.42. The van der Waals surface area contributed by atoms with Crippen LogP contribution in [0.5, 0.6) is 0 Å². The predicted molar refractivity (Wildman–Crippen MR) is 127 cm³/mol. The van der Waals surface area contributed by atoms with E-state index < -0.39 is 5.41 Å². The summed E-state index contributed by atoms with van der Waals surface area (Å²) in [5, 5.41) is 0. The minimum atomic E-state index is -0.673. The first-order valence-corrected chi connectivity index (χ1v) is 12.3. The fraction of sp³-hybridized carbons (Fsp3) is 0.630. The maximum Gasteiger partial charge on any atom is 0.309 e. The van der Waals surface area contributed by atoms with Crippen molar-refractivity contribution in [3.63, 3.8) is 0 Å². The summed E-state index contributed by atoms with van der Waals surface area (Å²) in [5.41, 5.74) is 4.91. The zero-order chi connectivity index (χ0) is 23.8. The summed E-state index contributed by atoms with van der Waals surface area (Å²) in [6.45, 7) is 14.3. The van der Waals surface area contributed by atoms with Crippen LogP contribution in [-0.2, 0) is 25.2 Å². The molecule has 0 spiro atoms. The van der Waals surface area contributed by atoms with Crippen molar-refractivity contribution in [3.05, 3.63) is 34.6 Å². The number of hydrogen-bond donors (Lipinski definition) is 0. The van der Waals surface area contributed by atoms with E-state index in [9.17, 15) is 9.59 Å². The molecule has 2 bridgehead atoms. The highest BCUT2D eigenvalue weighted by atomic mass is 16.5. The van der Waals surface area contributed by atoms with Crippen LogP contribution in [-0.4, -0.2) is 46.4 Å². The van der Waals surface area contributed by atoms with Crippen LogP contribution >= 0.6 is 0 Å². The van der Waals surface area contributed by atoms with Gasteiger partial charge in [0.05, 0.1) is 40.4 Å². The number of esters is 1. The van der Waals surface area contributed by atoms with E-state index in [1.165, 1.54) is 11.1 Å². The van der Waals surface area contributed by atoms with Gasteiger partial charge in [-0.3, -0.25) is 9.59 Å². The molecular formula is C27H35N3O3. The van der Waals surface area contributed by atoms with Crippen LogP contribution < -0.4 is 0 Å². The number of likely N-dealkylation sites (tertiary alicyclic amines) is 1. The quantitative estimate of drug-likeness (QED) is 0.651. The van der Waals surface area contributed by atoms with Crippen LogP contribution in [0.3, 0.4) is 0 Å². The fourth-order valence-electron chi connectivity index (χ4n) is 6.68. The zero-order valence-electron chi connectivity index (χ0n) is 20.7. The van der Waals surface area contributed by atoms with E-state index >= 15 is 0 Å². The molecule has 1 saturated carbocycles. The molecule has 1 aromatic heterocycles. The number of nitrogens with zero attached hydrogens (tertiary/aromatic N) is 3.